The summed E-state index contributed by atoms with van der Waals surface area (Å²) in [4.78, 5) is 2.34. The SMILES string of the molecule is CCC(OCCC#N)N(C(C)C)C(C)C. The van der Waals surface area contributed by atoms with Crippen LogP contribution in [0.2, 0.25) is 0 Å². The van der Waals surface area contributed by atoms with Gasteiger partial charge >= 0.3 is 0 Å². The highest BCUT2D eigenvalue weighted by molar-refractivity contribution is 4.72. The Hall–Kier alpha value is -0.590. The van der Waals surface area contributed by atoms with Crippen molar-refractivity contribution in [1.82, 2.24) is 4.90 Å². The molecule has 0 aromatic heterocycles. The van der Waals surface area contributed by atoms with Crippen molar-refractivity contribution in [3.8, 4) is 6.07 Å². The third-order valence-electron chi connectivity index (χ3n) is 2.40. The third kappa shape index (κ3) is 5.15. The lowest BCUT2D eigenvalue weighted by Gasteiger charge is -2.37. The van der Waals surface area contributed by atoms with E-state index in [1.165, 1.54) is 0 Å². The maximum atomic E-state index is 8.47. The van der Waals surface area contributed by atoms with Crippen molar-refractivity contribution in [1.29, 1.82) is 5.26 Å². The van der Waals surface area contributed by atoms with E-state index in [4.69, 9.17) is 10.00 Å². The topological polar surface area (TPSA) is 36.3 Å². The van der Waals surface area contributed by atoms with Crippen LogP contribution in [0, 0.1) is 11.3 Å². The molecule has 0 aliphatic rings. The van der Waals surface area contributed by atoms with Crippen molar-refractivity contribution in [3.05, 3.63) is 0 Å². The van der Waals surface area contributed by atoms with Crippen molar-refractivity contribution in [2.45, 2.75) is 65.8 Å². The first-order valence-electron chi connectivity index (χ1n) is 5.80. The van der Waals surface area contributed by atoms with E-state index in [2.05, 4.69) is 45.6 Å². The minimum atomic E-state index is 0.137. The fraction of sp³-hybridized carbons (Fsp3) is 0.917. The average Bonchev–Trinajstić information content (AvgIpc) is 2.15. The Morgan fingerprint density at radius 3 is 2.07 bits per heavy atom. The Kier molecular flexibility index (Phi) is 7.37. The van der Waals surface area contributed by atoms with Gasteiger partial charge in [-0.15, -0.1) is 0 Å². The van der Waals surface area contributed by atoms with Gasteiger partial charge in [-0.05, 0) is 34.1 Å². The Balaban J connectivity index is 4.27. The molecule has 0 aromatic rings. The summed E-state index contributed by atoms with van der Waals surface area (Å²) in [6, 6.07) is 3.04. The van der Waals surface area contributed by atoms with Gasteiger partial charge in [-0.2, -0.15) is 5.26 Å². The standard InChI is InChI=1S/C12H24N2O/c1-6-12(15-9-7-8-13)14(10(2)3)11(4)5/h10-12H,6-7,9H2,1-5H3. The van der Waals surface area contributed by atoms with Gasteiger partial charge in [0.2, 0.25) is 0 Å². The quantitative estimate of drug-likeness (QED) is 0.481. The van der Waals surface area contributed by atoms with Crippen molar-refractivity contribution in [2.24, 2.45) is 0 Å². The second-order valence-corrected chi connectivity index (χ2v) is 4.28. The van der Waals surface area contributed by atoms with Crippen LogP contribution in [0.25, 0.3) is 0 Å². The van der Waals surface area contributed by atoms with Crippen molar-refractivity contribution >= 4 is 0 Å². The van der Waals surface area contributed by atoms with Crippen LogP contribution in [-0.2, 0) is 4.74 Å². The first-order chi connectivity index (χ1) is 7.04. The van der Waals surface area contributed by atoms with Gasteiger partial charge in [0.15, 0.2) is 0 Å². The molecule has 0 rings (SSSR count). The molecule has 1 atom stereocenters. The first kappa shape index (κ1) is 14.4. The summed E-state index contributed by atoms with van der Waals surface area (Å²) >= 11 is 0. The maximum absolute atomic E-state index is 8.47. The summed E-state index contributed by atoms with van der Waals surface area (Å²) in [5, 5.41) is 8.47. The largest absolute Gasteiger partial charge is 0.362 e. The van der Waals surface area contributed by atoms with Crippen LogP contribution in [0.15, 0.2) is 0 Å². The second-order valence-electron chi connectivity index (χ2n) is 4.28. The van der Waals surface area contributed by atoms with Crippen LogP contribution in [0.5, 0.6) is 0 Å². The van der Waals surface area contributed by atoms with Crippen LogP contribution in [-0.4, -0.2) is 29.8 Å². The van der Waals surface area contributed by atoms with Crippen molar-refractivity contribution in [3.63, 3.8) is 0 Å². The highest BCUT2D eigenvalue weighted by atomic mass is 16.5. The number of nitriles is 1. The maximum Gasteiger partial charge on any atom is 0.110 e. The number of nitrogens with zero attached hydrogens (tertiary/aromatic N) is 2. The van der Waals surface area contributed by atoms with E-state index in [9.17, 15) is 0 Å². The van der Waals surface area contributed by atoms with E-state index in [-0.39, 0.29) is 6.23 Å². The molecular formula is C12H24N2O. The molecule has 0 saturated carbocycles. The molecule has 0 bridgehead atoms. The Morgan fingerprint density at radius 2 is 1.73 bits per heavy atom. The van der Waals surface area contributed by atoms with Crippen LogP contribution in [0.4, 0.5) is 0 Å². The molecule has 0 amide bonds. The van der Waals surface area contributed by atoms with Gasteiger partial charge in [-0.25, -0.2) is 0 Å². The highest BCUT2D eigenvalue weighted by Crippen LogP contribution is 2.14. The Labute approximate surface area is 94.0 Å². The van der Waals surface area contributed by atoms with Gasteiger partial charge < -0.3 is 4.74 Å². The third-order valence-corrected chi connectivity index (χ3v) is 2.40. The lowest BCUT2D eigenvalue weighted by molar-refractivity contribution is -0.0879. The molecule has 0 radical (unpaired) electrons. The molecule has 0 fully saturated rings. The predicted molar refractivity (Wildman–Crippen MR) is 62.4 cm³/mol. The smallest absolute Gasteiger partial charge is 0.110 e. The molecule has 0 aliphatic heterocycles. The molecule has 88 valence electrons. The van der Waals surface area contributed by atoms with E-state index < -0.39 is 0 Å². The molecule has 0 spiro atoms. The summed E-state index contributed by atoms with van der Waals surface area (Å²) in [5.74, 6) is 0. The number of hydrogen-bond acceptors (Lipinski definition) is 3. The fourth-order valence-electron chi connectivity index (χ4n) is 1.92. The zero-order valence-corrected chi connectivity index (χ0v) is 10.7. The molecule has 1 unspecified atom stereocenters. The normalized spacial score (nSPS) is 13.5. The van der Waals surface area contributed by atoms with Gasteiger partial charge in [-0.3, -0.25) is 4.90 Å². The Morgan fingerprint density at radius 1 is 1.20 bits per heavy atom. The molecule has 0 aromatic carbocycles. The zero-order valence-electron chi connectivity index (χ0n) is 10.7. The van der Waals surface area contributed by atoms with E-state index in [0.717, 1.165) is 6.42 Å². The van der Waals surface area contributed by atoms with Crippen LogP contribution < -0.4 is 0 Å². The molecule has 0 N–H and O–H groups in total. The van der Waals surface area contributed by atoms with Crippen molar-refractivity contribution < 1.29 is 4.74 Å². The zero-order chi connectivity index (χ0) is 11.8. The second kappa shape index (κ2) is 7.67. The summed E-state index contributed by atoms with van der Waals surface area (Å²) in [7, 11) is 0. The number of rotatable bonds is 7. The molecule has 0 heterocycles. The molecular weight excluding hydrogens is 188 g/mol. The summed E-state index contributed by atoms with van der Waals surface area (Å²) in [6.45, 7) is 11.4. The predicted octanol–water partition coefficient (Wildman–Crippen LogP) is 2.77. The minimum Gasteiger partial charge on any atom is -0.362 e. The Bertz CT molecular complexity index is 188. The van der Waals surface area contributed by atoms with E-state index in [1.807, 2.05) is 0 Å². The van der Waals surface area contributed by atoms with E-state index in [0.29, 0.717) is 25.1 Å². The van der Waals surface area contributed by atoms with Crippen molar-refractivity contribution in [2.75, 3.05) is 6.61 Å². The van der Waals surface area contributed by atoms with Gasteiger partial charge in [-0.1, -0.05) is 6.92 Å². The van der Waals surface area contributed by atoms with Gasteiger partial charge in [0.05, 0.1) is 19.1 Å². The molecule has 0 saturated heterocycles. The fourth-order valence-corrected chi connectivity index (χ4v) is 1.92. The summed E-state index contributed by atoms with van der Waals surface area (Å²) in [5.41, 5.74) is 0. The minimum absolute atomic E-state index is 0.137. The van der Waals surface area contributed by atoms with Gasteiger partial charge in [0.1, 0.15) is 6.23 Å². The van der Waals surface area contributed by atoms with E-state index in [1.54, 1.807) is 0 Å². The molecule has 3 nitrogen and oxygen atoms in total. The average molecular weight is 212 g/mol. The molecule has 0 aliphatic carbocycles. The van der Waals surface area contributed by atoms with Crippen LogP contribution in [0.1, 0.15) is 47.5 Å². The number of ether oxygens (including phenoxy) is 1. The first-order valence-corrected chi connectivity index (χ1v) is 5.80. The van der Waals surface area contributed by atoms with Crippen LogP contribution >= 0.6 is 0 Å². The number of hydrogen-bond donors (Lipinski definition) is 0. The lowest BCUT2D eigenvalue weighted by atomic mass is 10.2. The van der Waals surface area contributed by atoms with Crippen LogP contribution in [0.3, 0.4) is 0 Å². The van der Waals surface area contributed by atoms with Gasteiger partial charge in [0, 0.05) is 12.1 Å². The summed E-state index contributed by atoms with van der Waals surface area (Å²) in [6.07, 6.45) is 1.57. The van der Waals surface area contributed by atoms with Gasteiger partial charge in [0.25, 0.3) is 0 Å². The lowest BCUT2D eigenvalue weighted by Crippen LogP contribution is -2.46. The summed E-state index contributed by atoms with van der Waals surface area (Å²) < 4.78 is 5.72. The molecule has 3 heteroatoms. The molecule has 15 heavy (non-hydrogen) atoms. The monoisotopic (exact) mass is 212 g/mol. The highest BCUT2D eigenvalue weighted by Gasteiger charge is 2.22. The van der Waals surface area contributed by atoms with E-state index >= 15 is 0 Å².